The summed E-state index contributed by atoms with van der Waals surface area (Å²) in [6.07, 6.45) is -12.4. The Hall–Kier alpha value is -0.353. The van der Waals surface area contributed by atoms with Crippen LogP contribution in [-0.4, -0.2) is 21.5 Å². The SMILES string of the molecule is [O-][Si](F)(F)OC(F)(F)C(F)(F)F. The molecule has 0 fully saturated rings. The first-order valence-electron chi connectivity index (χ1n) is 2.19. The van der Waals surface area contributed by atoms with Crippen molar-refractivity contribution in [3.8, 4) is 0 Å². The van der Waals surface area contributed by atoms with Crippen molar-refractivity contribution in [1.82, 2.24) is 0 Å². The molecule has 0 amide bonds. The van der Waals surface area contributed by atoms with Gasteiger partial charge in [0, 0.05) is 0 Å². The Morgan fingerprint density at radius 2 is 1.33 bits per heavy atom. The standard InChI is InChI=1S/C2F7O2Si/c3-1(4,5)2(6,7)11-12(8,9)10/q-1. The second kappa shape index (κ2) is 2.85. The van der Waals surface area contributed by atoms with Crippen molar-refractivity contribution in [2.75, 3.05) is 0 Å². The fraction of sp³-hybridized carbons (Fsp3) is 1.00. The first-order valence-corrected chi connectivity index (χ1v) is 3.76. The number of hydrogen-bond donors (Lipinski definition) is 0. The summed E-state index contributed by atoms with van der Waals surface area (Å²) >= 11 is 0. The van der Waals surface area contributed by atoms with Crippen LogP contribution in [0.4, 0.5) is 30.2 Å². The van der Waals surface area contributed by atoms with Gasteiger partial charge in [0.2, 0.25) is 0 Å². The molecule has 0 unspecified atom stereocenters. The molecule has 0 bridgehead atoms. The Morgan fingerprint density at radius 3 is 1.42 bits per heavy atom. The van der Waals surface area contributed by atoms with Crippen molar-refractivity contribution in [3.63, 3.8) is 0 Å². The van der Waals surface area contributed by atoms with E-state index >= 15 is 0 Å². The lowest BCUT2D eigenvalue weighted by Gasteiger charge is -2.26. The highest BCUT2D eigenvalue weighted by atomic mass is 28.5. The second-order valence-electron chi connectivity index (χ2n) is 1.58. The van der Waals surface area contributed by atoms with Gasteiger partial charge < -0.3 is 9.22 Å². The van der Waals surface area contributed by atoms with Crippen LogP contribution >= 0.6 is 0 Å². The Kier molecular flexibility index (Phi) is 2.77. The van der Waals surface area contributed by atoms with Gasteiger partial charge in [0.25, 0.3) is 0 Å². The summed E-state index contributed by atoms with van der Waals surface area (Å²) in [5, 5.41) is 0. The number of rotatable bonds is 2. The van der Waals surface area contributed by atoms with E-state index in [1.807, 2.05) is 0 Å². The summed E-state index contributed by atoms with van der Waals surface area (Å²) in [5.41, 5.74) is 0. The van der Waals surface area contributed by atoms with Crippen LogP contribution in [-0.2, 0) is 4.43 Å². The van der Waals surface area contributed by atoms with Crippen molar-refractivity contribution in [1.29, 1.82) is 0 Å². The molecule has 0 aromatic rings. The molecule has 0 radical (unpaired) electrons. The molecular formula is C2F7O2Si-. The minimum absolute atomic E-state index is 1.78. The quantitative estimate of drug-likeness (QED) is 0.391. The number of halogens is 7. The lowest BCUT2D eigenvalue weighted by molar-refractivity contribution is -0.402. The molecule has 10 heteroatoms. The third-order valence-electron chi connectivity index (χ3n) is 0.577. The summed E-state index contributed by atoms with van der Waals surface area (Å²) in [5.74, 6) is 0. The third kappa shape index (κ3) is 3.36. The summed E-state index contributed by atoms with van der Waals surface area (Å²) in [6.45, 7) is 0. The van der Waals surface area contributed by atoms with E-state index in [-0.39, 0.29) is 0 Å². The molecule has 0 aliphatic carbocycles. The molecule has 0 saturated heterocycles. The first-order chi connectivity index (χ1) is 4.96. The zero-order chi connectivity index (χ0) is 10.2. The molecule has 0 spiro atoms. The smallest absolute Gasteiger partial charge is 0.500 e. The fourth-order valence-corrected chi connectivity index (χ4v) is 0.621. The Balaban J connectivity index is 4.44. The predicted octanol–water partition coefficient (Wildman–Crippen LogP) is 0.893. The van der Waals surface area contributed by atoms with E-state index in [1.165, 1.54) is 0 Å². The summed E-state index contributed by atoms with van der Waals surface area (Å²) in [6, 6.07) is 0. The summed E-state index contributed by atoms with van der Waals surface area (Å²) in [7, 11) is -7.12. The van der Waals surface area contributed by atoms with Crippen LogP contribution in [0, 0.1) is 0 Å². The van der Waals surface area contributed by atoms with E-state index in [4.69, 9.17) is 4.80 Å². The van der Waals surface area contributed by atoms with Crippen LogP contribution in [0.1, 0.15) is 0 Å². The average molecular weight is 217 g/mol. The number of alkyl halides is 5. The third-order valence-corrected chi connectivity index (χ3v) is 1.07. The van der Waals surface area contributed by atoms with Gasteiger partial charge in [-0.1, -0.05) is 0 Å². The zero-order valence-electron chi connectivity index (χ0n) is 4.96. The van der Waals surface area contributed by atoms with Gasteiger partial charge in [-0.15, -0.1) is 0 Å². The molecule has 0 rings (SSSR count). The van der Waals surface area contributed by atoms with Gasteiger partial charge in [-0.05, 0) is 0 Å². The lowest BCUT2D eigenvalue weighted by Crippen LogP contribution is -2.54. The minimum Gasteiger partial charge on any atom is -0.787 e. The molecule has 0 saturated carbocycles. The van der Waals surface area contributed by atoms with E-state index in [0.717, 1.165) is 0 Å². The highest BCUT2D eigenvalue weighted by Gasteiger charge is 2.62. The monoisotopic (exact) mass is 217 g/mol. The van der Waals surface area contributed by atoms with Crippen molar-refractivity contribution in [2.24, 2.45) is 0 Å². The summed E-state index contributed by atoms with van der Waals surface area (Å²) < 4.78 is 80.0. The maximum Gasteiger partial charge on any atom is 0.500 e. The van der Waals surface area contributed by atoms with Gasteiger partial charge in [0.1, 0.15) is 0 Å². The molecule has 0 atom stereocenters. The highest BCUT2D eigenvalue weighted by molar-refractivity contribution is 6.48. The number of hydrogen-bond acceptors (Lipinski definition) is 2. The van der Waals surface area contributed by atoms with E-state index in [2.05, 4.69) is 0 Å². The molecule has 0 heterocycles. The van der Waals surface area contributed by atoms with E-state index < -0.39 is 21.5 Å². The first kappa shape index (κ1) is 11.6. The fourth-order valence-electron chi connectivity index (χ4n) is 0.207. The topological polar surface area (TPSA) is 32.3 Å². The van der Waals surface area contributed by atoms with E-state index in [1.54, 1.807) is 4.43 Å². The average Bonchev–Trinajstić information content (AvgIpc) is 1.52. The zero-order valence-corrected chi connectivity index (χ0v) is 5.96. The Labute approximate surface area is 62.1 Å². The van der Waals surface area contributed by atoms with Crippen LogP contribution in [0.25, 0.3) is 0 Å². The molecule has 74 valence electrons. The molecule has 0 N–H and O–H groups in total. The molecule has 2 nitrogen and oxygen atoms in total. The molecule has 0 aliphatic rings. The maximum atomic E-state index is 11.4. The van der Waals surface area contributed by atoms with E-state index in [0.29, 0.717) is 0 Å². The van der Waals surface area contributed by atoms with Crippen LogP contribution in [0.5, 0.6) is 0 Å². The van der Waals surface area contributed by atoms with Crippen LogP contribution < -0.4 is 4.80 Å². The molecule has 12 heavy (non-hydrogen) atoms. The van der Waals surface area contributed by atoms with Crippen LogP contribution in [0.15, 0.2) is 0 Å². The second-order valence-corrected chi connectivity index (χ2v) is 2.71. The highest BCUT2D eigenvalue weighted by Crippen LogP contribution is 2.37. The lowest BCUT2D eigenvalue weighted by atomic mass is 10.6. The van der Waals surface area contributed by atoms with Crippen LogP contribution in [0.2, 0.25) is 0 Å². The van der Waals surface area contributed by atoms with E-state index in [9.17, 15) is 30.2 Å². The van der Waals surface area contributed by atoms with Gasteiger partial charge in [-0.25, -0.2) is 0 Å². The van der Waals surface area contributed by atoms with Crippen molar-refractivity contribution in [2.45, 2.75) is 12.3 Å². The summed E-state index contributed by atoms with van der Waals surface area (Å²) in [4.78, 5) is 9.17. The molecule has 0 aromatic carbocycles. The van der Waals surface area contributed by atoms with Gasteiger partial charge >= 0.3 is 21.5 Å². The van der Waals surface area contributed by atoms with Crippen LogP contribution in [0.3, 0.4) is 0 Å². The van der Waals surface area contributed by atoms with Crippen molar-refractivity contribution < 1.29 is 39.4 Å². The minimum atomic E-state index is -7.12. The van der Waals surface area contributed by atoms with Gasteiger partial charge in [-0.3, -0.25) is 8.22 Å². The van der Waals surface area contributed by atoms with Crippen molar-refractivity contribution >= 4 is 9.23 Å². The Bertz CT molecular complexity index is 158. The maximum absolute atomic E-state index is 11.4. The van der Waals surface area contributed by atoms with Gasteiger partial charge in [0.15, 0.2) is 0 Å². The molecular weight excluding hydrogens is 217 g/mol. The van der Waals surface area contributed by atoms with Gasteiger partial charge in [-0.2, -0.15) is 22.0 Å². The Morgan fingerprint density at radius 1 is 1.00 bits per heavy atom. The van der Waals surface area contributed by atoms with Crippen molar-refractivity contribution in [3.05, 3.63) is 0 Å². The molecule has 0 aliphatic heterocycles. The van der Waals surface area contributed by atoms with Gasteiger partial charge in [0.05, 0.1) is 0 Å². The predicted molar refractivity (Wildman–Crippen MR) is 20.1 cm³/mol. The normalized spacial score (nSPS) is 15.0. The largest absolute Gasteiger partial charge is 0.787 e. The molecule has 0 aromatic heterocycles.